The summed E-state index contributed by atoms with van der Waals surface area (Å²) in [5.74, 6) is -2.13. The lowest BCUT2D eigenvalue weighted by molar-refractivity contribution is -0.142. The van der Waals surface area contributed by atoms with E-state index >= 15 is 0 Å². The van der Waals surface area contributed by atoms with E-state index in [9.17, 15) is 19.5 Å². The molecule has 0 aliphatic carbocycles. The fourth-order valence-corrected chi connectivity index (χ4v) is 2.84. The Labute approximate surface area is 134 Å². The zero-order valence-electron chi connectivity index (χ0n) is 12.7. The summed E-state index contributed by atoms with van der Waals surface area (Å²) in [4.78, 5) is 34.5. The second-order valence-electron chi connectivity index (χ2n) is 5.64. The number of nitrogens with one attached hydrogen (secondary N) is 2. The highest BCUT2D eigenvalue weighted by Crippen LogP contribution is 2.27. The molecular formula is C16H21N3O4. The monoisotopic (exact) mass is 319 g/mol. The van der Waals surface area contributed by atoms with Crippen molar-refractivity contribution in [1.29, 1.82) is 0 Å². The number of primary amides is 1. The van der Waals surface area contributed by atoms with Crippen LogP contribution in [0.2, 0.25) is 0 Å². The number of aliphatic carboxylic acids is 1. The van der Waals surface area contributed by atoms with Gasteiger partial charge in [-0.25, -0.2) is 4.79 Å². The number of amides is 2. The van der Waals surface area contributed by atoms with Crippen LogP contribution in [0, 0.1) is 0 Å². The van der Waals surface area contributed by atoms with Crippen LogP contribution in [0.3, 0.4) is 0 Å². The van der Waals surface area contributed by atoms with Crippen molar-refractivity contribution in [3.8, 4) is 0 Å². The molecule has 0 aromatic heterocycles. The molecule has 1 fully saturated rings. The third kappa shape index (κ3) is 4.53. The molecular weight excluding hydrogens is 298 g/mol. The normalized spacial score (nSPS) is 21.6. The number of carboxylic acids is 1. The minimum absolute atomic E-state index is 0.00165. The predicted molar refractivity (Wildman–Crippen MR) is 83.6 cm³/mol. The fourth-order valence-electron chi connectivity index (χ4n) is 2.84. The molecule has 1 aliphatic heterocycles. The highest BCUT2D eigenvalue weighted by atomic mass is 16.4. The number of rotatable bonds is 7. The molecule has 1 saturated heterocycles. The van der Waals surface area contributed by atoms with Crippen LogP contribution in [-0.2, 0) is 14.4 Å². The van der Waals surface area contributed by atoms with Crippen LogP contribution < -0.4 is 16.4 Å². The summed E-state index contributed by atoms with van der Waals surface area (Å²) in [5.41, 5.74) is 6.08. The summed E-state index contributed by atoms with van der Waals surface area (Å²) >= 11 is 0. The molecule has 0 spiro atoms. The second kappa shape index (κ2) is 7.73. The summed E-state index contributed by atoms with van der Waals surface area (Å²) in [6.45, 7) is 0.691. The number of carbonyl (C=O) groups excluding carboxylic acids is 2. The van der Waals surface area contributed by atoms with E-state index in [4.69, 9.17) is 5.73 Å². The third-order valence-electron chi connectivity index (χ3n) is 4.03. The van der Waals surface area contributed by atoms with Crippen LogP contribution in [-0.4, -0.2) is 41.5 Å². The highest BCUT2D eigenvalue weighted by molar-refractivity contribution is 5.88. The molecule has 0 saturated carbocycles. The number of hydrogen-bond acceptors (Lipinski definition) is 4. The van der Waals surface area contributed by atoms with Crippen molar-refractivity contribution < 1.29 is 19.5 Å². The maximum Gasteiger partial charge on any atom is 0.326 e. The number of carboxylic acid groups (broad SMARTS) is 1. The Kier molecular flexibility index (Phi) is 5.70. The van der Waals surface area contributed by atoms with Crippen LogP contribution in [0.25, 0.3) is 0 Å². The molecule has 23 heavy (non-hydrogen) atoms. The van der Waals surface area contributed by atoms with Crippen LogP contribution >= 0.6 is 0 Å². The van der Waals surface area contributed by atoms with E-state index in [0.29, 0.717) is 6.54 Å². The molecule has 1 unspecified atom stereocenters. The molecule has 2 amide bonds. The fraction of sp³-hybridized carbons (Fsp3) is 0.438. The van der Waals surface area contributed by atoms with Gasteiger partial charge >= 0.3 is 5.97 Å². The van der Waals surface area contributed by atoms with E-state index in [-0.39, 0.29) is 24.7 Å². The zero-order valence-corrected chi connectivity index (χ0v) is 12.7. The van der Waals surface area contributed by atoms with Gasteiger partial charge in [0.25, 0.3) is 0 Å². The molecule has 3 atom stereocenters. The van der Waals surface area contributed by atoms with Gasteiger partial charge in [0.05, 0.1) is 6.04 Å². The SMILES string of the molecule is NC(=O)CC[C@H](NC(=O)C1NCC[C@@H]1c1ccccc1)C(=O)O. The van der Waals surface area contributed by atoms with Crippen molar-refractivity contribution in [3.63, 3.8) is 0 Å². The lowest BCUT2D eigenvalue weighted by atomic mass is 9.91. The van der Waals surface area contributed by atoms with Gasteiger partial charge in [-0.05, 0) is 24.9 Å². The quantitative estimate of drug-likeness (QED) is 0.562. The highest BCUT2D eigenvalue weighted by Gasteiger charge is 2.35. The van der Waals surface area contributed by atoms with Gasteiger partial charge in [-0.3, -0.25) is 9.59 Å². The first-order valence-corrected chi connectivity index (χ1v) is 7.59. The van der Waals surface area contributed by atoms with E-state index in [1.165, 1.54) is 0 Å². The molecule has 7 heteroatoms. The summed E-state index contributed by atoms with van der Waals surface area (Å²) in [6, 6.07) is 8.05. The van der Waals surface area contributed by atoms with Gasteiger partial charge in [-0.2, -0.15) is 0 Å². The van der Waals surface area contributed by atoms with E-state index < -0.39 is 24.0 Å². The van der Waals surface area contributed by atoms with Crippen molar-refractivity contribution in [1.82, 2.24) is 10.6 Å². The molecule has 2 rings (SSSR count). The zero-order chi connectivity index (χ0) is 16.8. The Morgan fingerprint density at radius 3 is 2.61 bits per heavy atom. The lowest BCUT2D eigenvalue weighted by Crippen LogP contribution is -2.50. The molecule has 124 valence electrons. The smallest absolute Gasteiger partial charge is 0.326 e. The van der Waals surface area contributed by atoms with E-state index in [1.54, 1.807) is 0 Å². The van der Waals surface area contributed by atoms with Gasteiger partial charge in [-0.15, -0.1) is 0 Å². The first-order valence-electron chi connectivity index (χ1n) is 7.59. The molecule has 1 aromatic rings. The van der Waals surface area contributed by atoms with Crippen LogP contribution in [0.4, 0.5) is 0 Å². The molecule has 1 heterocycles. The van der Waals surface area contributed by atoms with Crippen molar-refractivity contribution in [3.05, 3.63) is 35.9 Å². The first kappa shape index (κ1) is 17.0. The van der Waals surface area contributed by atoms with Crippen LogP contribution in [0.5, 0.6) is 0 Å². The Morgan fingerprint density at radius 2 is 2.00 bits per heavy atom. The van der Waals surface area contributed by atoms with E-state index in [0.717, 1.165) is 12.0 Å². The van der Waals surface area contributed by atoms with Crippen molar-refractivity contribution in [2.45, 2.75) is 37.3 Å². The van der Waals surface area contributed by atoms with E-state index in [2.05, 4.69) is 10.6 Å². The summed E-state index contributed by atoms with van der Waals surface area (Å²) in [5, 5.41) is 14.8. The largest absolute Gasteiger partial charge is 0.480 e. The summed E-state index contributed by atoms with van der Waals surface area (Å²) < 4.78 is 0. The van der Waals surface area contributed by atoms with Crippen LogP contribution in [0.1, 0.15) is 30.7 Å². The van der Waals surface area contributed by atoms with Crippen LogP contribution in [0.15, 0.2) is 30.3 Å². The molecule has 5 N–H and O–H groups in total. The number of nitrogens with two attached hydrogens (primary N) is 1. The minimum Gasteiger partial charge on any atom is -0.480 e. The standard InChI is InChI=1S/C16H21N3O4/c17-13(20)7-6-12(16(22)23)19-15(21)14-11(8-9-18-14)10-4-2-1-3-5-10/h1-5,11-12,14,18H,6-9H2,(H2,17,20)(H,19,21)(H,22,23)/t11-,12+,14?/m1/s1. The van der Waals surface area contributed by atoms with Gasteiger partial charge in [-0.1, -0.05) is 30.3 Å². The molecule has 0 radical (unpaired) electrons. The van der Waals surface area contributed by atoms with Gasteiger partial charge in [0.15, 0.2) is 0 Å². The van der Waals surface area contributed by atoms with Gasteiger partial charge in [0.2, 0.25) is 11.8 Å². The Bertz CT molecular complexity index is 576. The Morgan fingerprint density at radius 1 is 1.30 bits per heavy atom. The van der Waals surface area contributed by atoms with Gasteiger partial charge in [0.1, 0.15) is 6.04 Å². The summed E-state index contributed by atoms with van der Waals surface area (Å²) in [6.07, 6.45) is 0.706. The Hall–Kier alpha value is -2.41. The summed E-state index contributed by atoms with van der Waals surface area (Å²) in [7, 11) is 0. The van der Waals surface area contributed by atoms with E-state index in [1.807, 2.05) is 30.3 Å². The molecule has 1 aliphatic rings. The van der Waals surface area contributed by atoms with Gasteiger partial charge < -0.3 is 21.5 Å². The van der Waals surface area contributed by atoms with Gasteiger partial charge in [0, 0.05) is 12.3 Å². The van der Waals surface area contributed by atoms with Crippen molar-refractivity contribution >= 4 is 17.8 Å². The second-order valence-corrected chi connectivity index (χ2v) is 5.64. The molecule has 7 nitrogen and oxygen atoms in total. The maximum atomic E-state index is 12.4. The van der Waals surface area contributed by atoms with Crippen molar-refractivity contribution in [2.24, 2.45) is 5.73 Å². The minimum atomic E-state index is -1.17. The predicted octanol–water partition coefficient (Wildman–Crippen LogP) is -0.0330. The maximum absolute atomic E-state index is 12.4. The molecule has 1 aromatic carbocycles. The average Bonchev–Trinajstić information content (AvgIpc) is 3.01. The number of benzene rings is 1. The van der Waals surface area contributed by atoms with Crippen molar-refractivity contribution in [2.75, 3.05) is 6.54 Å². The molecule has 0 bridgehead atoms. The Balaban J connectivity index is 2.03. The number of hydrogen-bond donors (Lipinski definition) is 4. The third-order valence-corrected chi connectivity index (χ3v) is 4.03. The topological polar surface area (TPSA) is 122 Å². The number of carbonyl (C=O) groups is 3. The lowest BCUT2D eigenvalue weighted by Gasteiger charge is -2.22. The first-order chi connectivity index (χ1) is 11.0. The average molecular weight is 319 g/mol.